The Kier molecular flexibility index (Phi) is 2.77. The van der Waals surface area contributed by atoms with Gasteiger partial charge in [0.05, 0.1) is 6.04 Å². The molecule has 80 valence electrons. The van der Waals surface area contributed by atoms with Crippen molar-refractivity contribution in [2.75, 3.05) is 6.54 Å². The third kappa shape index (κ3) is 1.90. The summed E-state index contributed by atoms with van der Waals surface area (Å²) in [4.78, 5) is 11.5. The molecule has 1 saturated heterocycles. The molecule has 1 aromatic carbocycles. The zero-order chi connectivity index (χ0) is 10.8. The molecule has 2 rings (SSSR count). The minimum atomic E-state index is -0.819. The van der Waals surface area contributed by atoms with Gasteiger partial charge in [0.25, 0.3) is 0 Å². The van der Waals surface area contributed by atoms with E-state index >= 15 is 0 Å². The summed E-state index contributed by atoms with van der Waals surface area (Å²) in [6.45, 7) is 0.615. The van der Waals surface area contributed by atoms with Crippen LogP contribution >= 0.6 is 0 Å². The van der Waals surface area contributed by atoms with E-state index in [4.69, 9.17) is 0 Å². The maximum atomic E-state index is 13.4. The summed E-state index contributed by atoms with van der Waals surface area (Å²) < 4.78 is 26.8. The Morgan fingerprint density at radius 3 is 2.53 bits per heavy atom. The highest BCUT2D eigenvalue weighted by molar-refractivity contribution is 5.86. The van der Waals surface area contributed by atoms with Gasteiger partial charge < -0.3 is 5.32 Å². The normalized spacial score (nSPS) is 21.7. The van der Waals surface area contributed by atoms with E-state index in [-0.39, 0.29) is 11.3 Å². The fourth-order valence-electron chi connectivity index (χ4n) is 1.82. The molecule has 1 unspecified atom stereocenters. The number of hydrogen-bond donors (Lipinski definition) is 1. The first kappa shape index (κ1) is 10.2. The minimum absolute atomic E-state index is 0.148. The summed E-state index contributed by atoms with van der Waals surface area (Å²) in [7, 11) is 0. The van der Waals surface area contributed by atoms with Gasteiger partial charge in [-0.3, -0.25) is 4.79 Å². The highest BCUT2D eigenvalue weighted by atomic mass is 19.1. The Labute approximate surface area is 86.3 Å². The second-order valence-electron chi connectivity index (χ2n) is 3.59. The number of piperidine rings is 1. The van der Waals surface area contributed by atoms with Crippen LogP contribution in [-0.4, -0.2) is 12.3 Å². The van der Waals surface area contributed by atoms with Gasteiger partial charge in [-0.25, -0.2) is 8.78 Å². The number of rotatable bonds is 1. The van der Waals surface area contributed by atoms with Crippen molar-refractivity contribution in [2.24, 2.45) is 0 Å². The quantitative estimate of drug-likeness (QED) is 0.769. The molecule has 0 aliphatic carbocycles. The molecule has 0 aromatic heterocycles. The van der Waals surface area contributed by atoms with Crippen LogP contribution in [0.5, 0.6) is 0 Å². The maximum absolute atomic E-state index is 13.4. The van der Waals surface area contributed by atoms with Gasteiger partial charge in [0.1, 0.15) is 11.6 Å². The summed E-state index contributed by atoms with van der Waals surface area (Å²) in [5, 5.41) is 2.84. The van der Waals surface area contributed by atoms with Crippen molar-refractivity contribution in [1.82, 2.24) is 5.32 Å². The highest BCUT2D eigenvalue weighted by Crippen LogP contribution is 2.24. The first-order valence-corrected chi connectivity index (χ1v) is 4.90. The average Bonchev–Trinajstić information content (AvgIpc) is 2.20. The molecule has 0 saturated carbocycles. The molecule has 0 spiro atoms. The Balaban J connectivity index is 2.39. The molecule has 1 heterocycles. The van der Waals surface area contributed by atoms with Crippen LogP contribution in [0.1, 0.15) is 24.4 Å². The zero-order valence-electron chi connectivity index (χ0n) is 8.09. The van der Waals surface area contributed by atoms with Crippen molar-refractivity contribution in [3.8, 4) is 0 Å². The van der Waals surface area contributed by atoms with Gasteiger partial charge in [-0.05, 0) is 25.1 Å². The smallest absolute Gasteiger partial charge is 0.154 e. The number of Topliss-reactive ketones (excluding diaryl/α,β-unsaturated/α-hetero) is 1. The number of ketones is 1. The zero-order valence-corrected chi connectivity index (χ0v) is 8.09. The van der Waals surface area contributed by atoms with E-state index in [1.165, 1.54) is 18.2 Å². The van der Waals surface area contributed by atoms with Crippen molar-refractivity contribution in [1.29, 1.82) is 0 Å². The molecular weight excluding hydrogens is 200 g/mol. The molecule has 2 nitrogen and oxygen atoms in total. The van der Waals surface area contributed by atoms with Crippen molar-refractivity contribution in [3.63, 3.8) is 0 Å². The third-order valence-electron chi connectivity index (χ3n) is 2.56. The topological polar surface area (TPSA) is 29.1 Å². The standard InChI is InChI=1S/C11H11F2NO/c12-7-3-1-4-8(13)10(7)11-9(15)5-2-6-14-11/h1,3-4,11,14H,2,5-6H2. The monoisotopic (exact) mass is 211 g/mol. The highest BCUT2D eigenvalue weighted by Gasteiger charge is 2.28. The maximum Gasteiger partial charge on any atom is 0.154 e. The van der Waals surface area contributed by atoms with Crippen LogP contribution in [0.3, 0.4) is 0 Å². The predicted octanol–water partition coefficient (Wildman–Crippen LogP) is 1.96. The van der Waals surface area contributed by atoms with E-state index in [0.717, 1.165) is 6.42 Å². The van der Waals surface area contributed by atoms with Gasteiger partial charge in [0.15, 0.2) is 5.78 Å². The van der Waals surface area contributed by atoms with E-state index < -0.39 is 17.7 Å². The van der Waals surface area contributed by atoms with E-state index in [2.05, 4.69) is 5.32 Å². The lowest BCUT2D eigenvalue weighted by molar-refractivity contribution is -0.122. The molecular formula is C11H11F2NO. The Morgan fingerprint density at radius 1 is 1.27 bits per heavy atom. The molecule has 15 heavy (non-hydrogen) atoms. The third-order valence-corrected chi connectivity index (χ3v) is 2.56. The molecule has 1 fully saturated rings. The van der Waals surface area contributed by atoms with E-state index in [1.54, 1.807) is 0 Å². The Hall–Kier alpha value is -1.29. The number of halogens is 2. The second-order valence-corrected chi connectivity index (χ2v) is 3.59. The first-order valence-electron chi connectivity index (χ1n) is 4.90. The van der Waals surface area contributed by atoms with Crippen LogP contribution in [0.25, 0.3) is 0 Å². The number of carbonyl (C=O) groups is 1. The number of carbonyl (C=O) groups excluding carboxylic acids is 1. The van der Waals surface area contributed by atoms with E-state index in [0.29, 0.717) is 13.0 Å². The molecule has 1 aliphatic rings. The van der Waals surface area contributed by atoms with Gasteiger partial charge in [0, 0.05) is 12.0 Å². The van der Waals surface area contributed by atoms with Crippen molar-refractivity contribution >= 4 is 5.78 Å². The van der Waals surface area contributed by atoms with E-state index in [1.807, 2.05) is 0 Å². The summed E-state index contributed by atoms with van der Waals surface area (Å²) in [6.07, 6.45) is 1.11. The van der Waals surface area contributed by atoms with Crippen molar-refractivity contribution < 1.29 is 13.6 Å². The summed E-state index contributed by atoms with van der Waals surface area (Å²) in [5.41, 5.74) is -0.151. The fraction of sp³-hybridized carbons (Fsp3) is 0.364. The summed E-state index contributed by atoms with van der Waals surface area (Å²) in [6, 6.07) is 2.81. The minimum Gasteiger partial charge on any atom is -0.304 e. The van der Waals surface area contributed by atoms with Gasteiger partial charge in [0.2, 0.25) is 0 Å². The lowest BCUT2D eigenvalue weighted by Gasteiger charge is -2.23. The van der Waals surface area contributed by atoms with Crippen LogP contribution in [-0.2, 0) is 4.79 Å². The molecule has 0 bridgehead atoms. The molecule has 1 atom stereocenters. The molecule has 1 aromatic rings. The van der Waals surface area contributed by atoms with Crippen molar-refractivity contribution in [2.45, 2.75) is 18.9 Å². The fourth-order valence-corrected chi connectivity index (χ4v) is 1.82. The average molecular weight is 211 g/mol. The van der Waals surface area contributed by atoms with Crippen LogP contribution in [0, 0.1) is 11.6 Å². The lowest BCUT2D eigenvalue weighted by atomic mass is 9.95. The lowest BCUT2D eigenvalue weighted by Crippen LogP contribution is -2.35. The number of nitrogens with one attached hydrogen (secondary N) is 1. The van der Waals surface area contributed by atoms with Crippen molar-refractivity contribution in [3.05, 3.63) is 35.4 Å². The molecule has 0 amide bonds. The molecule has 1 N–H and O–H groups in total. The molecule has 0 radical (unpaired) electrons. The van der Waals surface area contributed by atoms with Gasteiger partial charge in [-0.2, -0.15) is 0 Å². The molecule has 4 heteroatoms. The molecule has 1 aliphatic heterocycles. The van der Waals surface area contributed by atoms with Crippen LogP contribution in [0.4, 0.5) is 8.78 Å². The van der Waals surface area contributed by atoms with Gasteiger partial charge in [-0.15, -0.1) is 0 Å². The predicted molar refractivity (Wildman–Crippen MR) is 51.3 cm³/mol. The van der Waals surface area contributed by atoms with Crippen LogP contribution in [0.2, 0.25) is 0 Å². The largest absolute Gasteiger partial charge is 0.304 e. The SMILES string of the molecule is O=C1CCCNC1c1c(F)cccc1F. The first-order chi connectivity index (χ1) is 7.20. The van der Waals surface area contributed by atoms with Crippen LogP contribution < -0.4 is 5.32 Å². The van der Waals surface area contributed by atoms with Gasteiger partial charge in [-0.1, -0.05) is 6.07 Å². The Bertz CT molecular complexity index is 372. The Morgan fingerprint density at radius 2 is 1.93 bits per heavy atom. The number of hydrogen-bond acceptors (Lipinski definition) is 2. The number of benzene rings is 1. The van der Waals surface area contributed by atoms with E-state index in [9.17, 15) is 13.6 Å². The second kappa shape index (κ2) is 4.06. The summed E-state index contributed by atoms with van der Waals surface area (Å²) >= 11 is 0. The summed E-state index contributed by atoms with van der Waals surface area (Å²) in [5.74, 6) is -1.48. The van der Waals surface area contributed by atoms with Crippen LogP contribution in [0.15, 0.2) is 18.2 Å². The van der Waals surface area contributed by atoms with Gasteiger partial charge >= 0.3 is 0 Å².